The molecule has 0 aliphatic carbocycles. The van der Waals surface area contributed by atoms with Gasteiger partial charge in [0.25, 0.3) is 5.56 Å². The molecule has 4 rings (SSSR count). The van der Waals surface area contributed by atoms with E-state index in [0.29, 0.717) is 11.7 Å². The van der Waals surface area contributed by atoms with E-state index in [2.05, 4.69) is 22.4 Å². The predicted octanol–water partition coefficient (Wildman–Crippen LogP) is 4.57. The molecule has 0 fully saturated rings. The van der Waals surface area contributed by atoms with Crippen LogP contribution in [0.5, 0.6) is 5.75 Å². The number of hydrogen-bond acceptors (Lipinski definition) is 5. The number of pyridine rings is 1. The third-order valence-corrected chi connectivity index (χ3v) is 6.08. The number of fused-ring (bicyclic) bond motifs is 2. The number of aromatic nitrogens is 2. The number of nitrogens with zero attached hydrogens (tertiary/aromatic N) is 2. The Morgan fingerprint density at radius 2 is 1.93 bits per heavy atom. The highest BCUT2D eigenvalue weighted by atomic mass is 32.1. The summed E-state index contributed by atoms with van der Waals surface area (Å²) in [6, 6.07) is 11.4. The third-order valence-electron chi connectivity index (χ3n) is 5.15. The lowest BCUT2D eigenvalue weighted by Gasteiger charge is -2.15. The SMILES string of the molecule is COc1ccc2nc(NC(=O)CCn3c(=O)cc(C)c4cc(C)cc(C)c43)sc2c1. The van der Waals surface area contributed by atoms with E-state index in [1.54, 1.807) is 17.7 Å². The van der Waals surface area contributed by atoms with Gasteiger partial charge in [0.05, 0.1) is 22.8 Å². The van der Waals surface area contributed by atoms with Crippen molar-refractivity contribution in [3.05, 3.63) is 63.4 Å². The fourth-order valence-corrected chi connectivity index (χ4v) is 4.68. The Morgan fingerprint density at radius 3 is 2.70 bits per heavy atom. The molecule has 1 N–H and O–H groups in total. The molecule has 0 saturated heterocycles. The number of aryl methyl sites for hydroxylation is 4. The molecule has 1 amide bonds. The van der Waals surface area contributed by atoms with Crippen molar-refractivity contribution >= 4 is 43.5 Å². The van der Waals surface area contributed by atoms with Gasteiger partial charge >= 0.3 is 0 Å². The summed E-state index contributed by atoms with van der Waals surface area (Å²) in [5.74, 6) is 0.576. The normalized spacial score (nSPS) is 11.2. The van der Waals surface area contributed by atoms with Crippen molar-refractivity contribution in [1.82, 2.24) is 9.55 Å². The number of carbonyl (C=O) groups excluding carboxylic acids is 1. The van der Waals surface area contributed by atoms with Crippen LogP contribution in [0.1, 0.15) is 23.1 Å². The zero-order chi connectivity index (χ0) is 21.4. The first kappa shape index (κ1) is 20.1. The Balaban J connectivity index is 1.56. The van der Waals surface area contributed by atoms with Crippen LogP contribution in [0, 0.1) is 20.8 Å². The number of nitrogens with one attached hydrogen (secondary N) is 1. The summed E-state index contributed by atoms with van der Waals surface area (Å²) in [6.07, 6.45) is 0.185. The average molecular weight is 422 g/mol. The maximum Gasteiger partial charge on any atom is 0.251 e. The molecule has 0 aliphatic rings. The molecule has 154 valence electrons. The Labute approximate surface area is 178 Å². The molecule has 0 radical (unpaired) electrons. The van der Waals surface area contributed by atoms with Crippen molar-refractivity contribution in [3.8, 4) is 5.75 Å². The highest BCUT2D eigenvalue weighted by Gasteiger charge is 2.13. The van der Waals surface area contributed by atoms with Gasteiger partial charge in [-0.3, -0.25) is 9.59 Å². The van der Waals surface area contributed by atoms with Crippen molar-refractivity contribution in [2.24, 2.45) is 0 Å². The number of rotatable bonds is 5. The summed E-state index contributed by atoms with van der Waals surface area (Å²) in [4.78, 5) is 29.7. The molecule has 4 aromatic rings. The van der Waals surface area contributed by atoms with Crippen molar-refractivity contribution in [2.75, 3.05) is 12.4 Å². The third kappa shape index (κ3) is 3.80. The molecule has 0 spiro atoms. The number of methoxy groups -OCH3 is 1. The summed E-state index contributed by atoms with van der Waals surface area (Å²) in [7, 11) is 1.62. The molecule has 30 heavy (non-hydrogen) atoms. The molecule has 2 heterocycles. The summed E-state index contributed by atoms with van der Waals surface area (Å²) in [5.41, 5.74) is 4.75. The van der Waals surface area contributed by atoms with Gasteiger partial charge in [-0.1, -0.05) is 23.0 Å². The molecule has 6 nitrogen and oxygen atoms in total. The highest BCUT2D eigenvalue weighted by Crippen LogP contribution is 2.29. The first-order valence-electron chi connectivity index (χ1n) is 9.71. The fraction of sp³-hybridized carbons (Fsp3) is 0.261. The molecule has 0 unspecified atom stereocenters. The van der Waals surface area contributed by atoms with Crippen LogP contribution in [0.4, 0.5) is 5.13 Å². The van der Waals surface area contributed by atoms with Crippen LogP contribution in [0.2, 0.25) is 0 Å². The molecular weight excluding hydrogens is 398 g/mol. The van der Waals surface area contributed by atoms with Crippen LogP contribution in [0.25, 0.3) is 21.1 Å². The van der Waals surface area contributed by atoms with Gasteiger partial charge in [0.15, 0.2) is 5.13 Å². The second-order valence-corrected chi connectivity index (χ2v) is 8.48. The van der Waals surface area contributed by atoms with Crippen LogP contribution < -0.4 is 15.6 Å². The number of carbonyl (C=O) groups is 1. The molecule has 0 atom stereocenters. The number of hydrogen-bond donors (Lipinski definition) is 1. The molecule has 0 aliphatic heterocycles. The van der Waals surface area contributed by atoms with Crippen molar-refractivity contribution in [1.29, 1.82) is 0 Å². The van der Waals surface area contributed by atoms with Gasteiger partial charge < -0.3 is 14.6 Å². The van der Waals surface area contributed by atoms with Crippen molar-refractivity contribution < 1.29 is 9.53 Å². The second-order valence-electron chi connectivity index (χ2n) is 7.45. The average Bonchev–Trinajstić information content (AvgIpc) is 3.09. The van der Waals surface area contributed by atoms with Crippen LogP contribution in [0.15, 0.2) is 41.2 Å². The number of benzene rings is 2. The van der Waals surface area contributed by atoms with Gasteiger partial charge in [0.1, 0.15) is 5.75 Å². The van der Waals surface area contributed by atoms with Crippen LogP contribution in [-0.4, -0.2) is 22.6 Å². The summed E-state index contributed by atoms with van der Waals surface area (Å²) < 4.78 is 7.87. The lowest BCUT2D eigenvalue weighted by Crippen LogP contribution is -2.24. The lowest BCUT2D eigenvalue weighted by molar-refractivity contribution is -0.116. The summed E-state index contributed by atoms with van der Waals surface area (Å²) in [5, 5.41) is 4.44. The minimum Gasteiger partial charge on any atom is -0.497 e. The first-order chi connectivity index (χ1) is 14.4. The predicted molar refractivity (Wildman–Crippen MR) is 122 cm³/mol. The van der Waals surface area contributed by atoms with E-state index < -0.39 is 0 Å². The smallest absolute Gasteiger partial charge is 0.251 e. The van der Waals surface area contributed by atoms with Crippen molar-refractivity contribution in [3.63, 3.8) is 0 Å². The first-order valence-corrected chi connectivity index (χ1v) is 10.5. The van der Waals surface area contributed by atoms with Gasteiger partial charge in [-0.05, 0) is 56.2 Å². The number of thiazole rings is 1. The molecule has 7 heteroatoms. The Morgan fingerprint density at radius 1 is 1.13 bits per heavy atom. The van der Waals surface area contributed by atoms with Gasteiger partial charge in [0.2, 0.25) is 5.91 Å². The minimum atomic E-state index is -0.175. The van der Waals surface area contributed by atoms with E-state index >= 15 is 0 Å². The zero-order valence-electron chi connectivity index (χ0n) is 17.4. The highest BCUT2D eigenvalue weighted by molar-refractivity contribution is 7.22. The van der Waals surface area contributed by atoms with Crippen LogP contribution >= 0.6 is 11.3 Å². The molecule has 0 saturated carbocycles. The van der Waals surface area contributed by atoms with E-state index in [1.165, 1.54) is 11.3 Å². The van der Waals surface area contributed by atoms with Gasteiger partial charge in [-0.15, -0.1) is 0 Å². The molecular formula is C23H23N3O3S. The number of anilines is 1. The Hall–Kier alpha value is -3.19. The maximum atomic E-state index is 12.6. The van der Waals surface area contributed by atoms with E-state index in [-0.39, 0.29) is 17.9 Å². The van der Waals surface area contributed by atoms with Gasteiger partial charge in [0, 0.05) is 24.4 Å². The monoisotopic (exact) mass is 421 g/mol. The van der Waals surface area contributed by atoms with Gasteiger partial charge in [-0.2, -0.15) is 0 Å². The quantitative estimate of drug-likeness (QED) is 0.512. The minimum absolute atomic E-state index is 0.0909. The van der Waals surface area contributed by atoms with Crippen molar-refractivity contribution in [2.45, 2.75) is 33.7 Å². The Bertz CT molecular complexity index is 1340. The number of ether oxygens (including phenoxy) is 1. The second kappa shape index (κ2) is 7.91. The molecule has 2 aromatic heterocycles. The van der Waals surface area contributed by atoms with Gasteiger partial charge in [-0.25, -0.2) is 4.98 Å². The molecule has 0 bridgehead atoms. The zero-order valence-corrected chi connectivity index (χ0v) is 18.2. The summed E-state index contributed by atoms with van der Waals surface area (Å²) in [6.45, 7) is 6.30. The number of amides is 1. The molecule has 2 aromatic carbocycles. The Kier molecular flexibility index (Phi) is 5.30. The largest absolute Gasteiger partial charge is 0.497 e. The van der Waals surface area contributed by atoms with E-state index in [0.717, 1.165) is 43.6 Å². The van der Waals surface area contributed by atoms with E-state index in [4.69, 9.17) is 4.74 Å². The van der Waals surface area contributed by atoms with Crippen LogP contribution in [0.3, 0.4) is 0 Å². The van der Waals surface area contributed by atoms with E-state index in [9.17, 15) is 9.59 Å². The standard InChI is InChI=1S/C23H23N3O3S/c1-13-9-15(3)22-17(10-13)14(2)11-21(28)26(22)8-7-20(27)25-23-24-18-6-5-16(29-4)12-19(18)30-23/h5-6,9-12H,7-8H2,1-4H3,(H,24,25,27). The lowest BCUT2D eigenvalue weighted by atomic mass is 10.0. The summed E-state index contributed by atoms with van der Waals surface area (Å²) >= 11 is 1.40. The van der Waals surface area contributed by atoms with E-state index in [1.807, 2.05) is 39.0 Å². The topological polar surface area (TPSA) is 73.2 Å². The van der Waals surface area contributed by atoms with Crippen LogP contribution in [-0.2, 0) is 11.3 Å². The fourth-order valence-electron chi connectivity index (χ4n) is 3.77. The maximum absolute atomic E-state index is 12.6.